The second-order valence-electron chi connectivity index (χ2n) is 12.5. The number of hydrogen-bond acceptors (Lipinski definition) is 3. The van der Waals surface area contributed by atoms with Crippen molar-refractivity contribution in [3.8, 4) is 22.3 Å². The Morgan fingerprint density at radius 1 is 0.408 bits per heavy atom. The molecule has 10 rings (SSSR count). The summed E-state index contributed by atoms with van der Waals surface area (Å²) in [4.78, 5) is 2.34. The summed E-state index contributed by atoms with van der Waals surface area (Å²) in [7, 11) is 0. The fourth-order valence-electron chi connectivity index (χ4n) is 7.32. The van der Waals surface area contributed by atoms with Gasteiger partial charge in [0.2, 0.25) is 0 Å². The summed E-state index contributed by atoms with van der Waals surface area (Å²) >= 11 is 1.89. The van der Waals surface area contributed by atoms with Crippen molar-refractivity contribution in [1.29, 1.82) is 0 Å². The number of rotatable bonds is 5. The molecule has 0 spiro atoms. The highest BCUT2D eigenvalue weighted by Crippen LogP contribution is 2.44. The summed E-state index contributed by atoms with van der Waals surface area (Å²) in [5.74, 6) is 0. The van der Waals surface area contributed by atoms with Crippen molar-refractivity contribution in [2.24, 2.45) is 0 Å². The number of para-hydroxylation sites is 1. The maximum absolute atomic E-state index is 6.19. The molecule has 0 unspecified atom stereocenters. The Bertz CT molecular complexity index is 2810. The summed E-state index contributed by atoms with van der Waals surface area (Å²) in [6, 6.07) is 63.2. The minimum absolute atomic E-state index is 0.892. The third-order valence-corrected chi connectivity index (χ3v) is 10.9. The predicted molar refractivity (Wildman–Crippen MR) is 210 cm³/mol. The molecule has 2 heterocycles. The van der Waals surface area contributed by atoms with E-state index in [0.717, 1.165) is 39.0 Å². The highest BCUT2D eigenvalue weighted by molar-refractivity contribution is 7.26. The molecule has 0 aliphatic carbocycles. The van der Waals surface area contributed by atoms with Crippen molar-refractivity contribution >= 4 is 81.3 Å². The standard InChI is InChI=1S/C46H29NOS/c1-2-9-30(10-3-1)31-17-22-34(23-18-31)47(36-26-27-43-41(29-36)39-13-6-7-16-42(39)48-43)35-24-19-33(20-25-35)38-14-8-15-40-45-37-12-5-4-11-32(37)21-28-44(45)49-46(38)40/h1-29H. The Labute approximate surface area is 287 Å². The minimum Gasteiger partial charge on any atom is -0.456 e. The molecule has 0 aliphatic rings. The Morgan fingerprint density at radius 2 is 1.04 bits per heavy atom. The lowest BCUT2D eigenvalue weighted by molar-refractivity contribution is 0.669. The number of furan rings is 1. The van der Waals surface area contributed by atoms with Crippen LogP contribution >= 0.6 is 11.3 Å². The Kier molecular flexibility index (Phi) is 6.39. The van der Waals surface area contributed by atoms with E-state index in [4.69, 9.17) is 4.42 Å². The third-order valence-electron chi connectivity index (χ3n) is 9.67. The lowest BCUT2D eigenvalue weighted by Crippen LogP contribution is -2.09. The molecular weight excluding hydrogens is 615 g/mol. The summed E-state index contributed by atoms with van der Waals surface area (Å²) in [6.07, 6.45) is 0. The van der Waals surface area contributed by atoms with E-state index < -0.39 is 0 Å². The van der Waals surface area contributed by atoms with Gasteiger partial charge in [-0.3, -0.25) is 0 Å². The molecule has 0 radical (unpaired) electrons. The summed E-state index contributed by atoms with van der Waals surface area (Å²) in [6.45, 7) is 0. The summed E-state index contributed by atoms with van der Waals surface area (Å²) in [5, 5.41) is 7.50. The molecule has 8 aromatic carbocycles. The van der Waals surface area contributed by atoms with Gasteiger partial charge in [0.15, 0.2) is 0 Å². The molecule has 49 heavy (non-hydrogen) atoms. The molecule has 0 saturated carbocycles. The average molecular weight is 644 g/mol. The van der Waals surface area contributed by atoms with Crippen molar-refractivity contribution in [2.45, 2.75) is 0 Å². The average Bonchev–Trinajstić information content (AvgIpc) is 3.75. The van der Waals surface area contributed by atoms with Crippen LogP contribution in [0.5, 0.6) is 0 Å². The molecule has 0 fully saturated rings. The van der Waals surface area contributed by atoms with Crippen LogP contribution in [0.4, 0.5) is 17.1 Å². The van der Waals surface area contributed by atoms with Gasteiger partial charge in [-0.05, 0) is 87.6 Å². The van der Waals surface area contributed by atoms with Crippen LogP contribution in [0.15, 0.2) is 180 Å². The van der Waals surface area contributed by atoms with E-state index in [1.807, 2.05) is 23.5 Å². The fraction of sp³-hybridized carbons (Fsp3) is 0. The molecule has 0 amide bonds. The number of benzene rings is 8. The lowest BCUT2D eigenvalue weighted by Gasteiger charge is -2.26. The van der Waals surface area contributed by atoms with Gasteiger partial charge in [-0.15, -0.1) is 11.3 Å². The first-order chi connectivity index (χ1) is 24.3. The second kappa shape index (κ2) is 11.2. The van der Waals surface area contributed by atoms with Crippen LogP contribution in [0.1, 0.15) is 0 Å². The Hall–Kier alpha value is -6.16. The molecule has 0 saturated heterocycles. The lowest BCUT2D eigenvalue weighted by atomic mass is 9.99. The number of thiophene rings is 1. The SMILES string of the molecule is c1ccc(-c2ccc(N(c3ccc(-c4cccc5c4sc4ccc6ccccc6c45)cc3)c3ccc4oc5ccccc5c4c3)cc2)cc1. The van der Waals surface area contributed by atoms with E-state index >= 15 is 0 Å². The van der Waals surface area contributed by atoms with Gasteiger partial charge in [0.1, 0.15) is 11.2 Å². The largest absolute Gasteiger partial charge is 0.456 e. The summed E-state index contributed by atoms with van der Waals surface area (Å²) < 4.78 is 8.84. The number of nitrogens with zero attached hydrogens (tertiary/aromatic N) is 1. The summed E-state index contributed by atoms with van der Waals surface area (Å²) in [5.41, 5.74) is 9.94. The van der Waals surface area contributed by atoms with Crippen molar-refractivity contribution in [1.82, 2.24) is 0 Å². The van der Waals surface area contributed by atoms with E-state index in [1.165, 1.54) is 53.2 Å². The molecule has 0 atom stereocenters. The van der Waals surface area contributed by atoms with Crippen LogP contribution in [0.3, 0.4) is 0 Å². The molecule has 3 heteroatoms. The molecule has 10 aromatic rings. The zero-order valence-electron chi connectivity index (χ0n) is 26.5. The van der Waals surface area contributed by atoms with E-state index in [0.29, 0.717) is 0 Å². The Morgan fingerprint density at radius 3 is 1.86 bits per heavy atom. The van der Waals surface area contributed by atoms with Crippen LogP contribution in [-0.4, -0.2) is 0 Å². The van der Waals surface area contributed by atoms with Crippen molar-refractivity contribution in [3.05, 3.63) is 176 Å². The van der Waals surface area contributed by atoms with Gasteiger partial charge in [-0.25, -0.2) is 0 Å². The van der Waals surface area contributed by atoms with E-state index in [-0.39, 0.29) is 0 Å². The van der Waals surface area contributed by atoms with Gasteiger partial charge in [-0.1, -0.05) is 121 Å². The zero-order chi connectivity index (χ0) is 32.3. The van der Waals surface area contributed by atoms with E-state index in [2.05, 4.69) is 169 Å². The maximum atomic E-state index is 6.19. The first-order valence-corrected chi connectivity index (χ1v) is 17.4. The van der Waals surface area contributed by atoms with E-state index in [9.17, 15) is 0 Å². The van der Waals surface area contributed by atoms with Crippen LogP contribution in [0.25, 0.3) is 75.1 Å². The first kappa shape index (κ1) is 27.9. The molecule has 0 bridgehead atoms. The highest BCUT2D eigenvalue weighted by Gasteiger charge is 2.17. The van der Waals surface area contributed by atoms with Crippen molar-refractivity contribution in [3.63, 3.8) is 0 Å². The molecule has 2 nitrogen and oxygen atoms in total. The minimum atomic E-state index is 0.892. The zero-order valence-corrected chi connectivity index (χ0v) is 27.3. The van der Waals surface area contributed by atoms with Crippen molar-refractivity contribution in [2.75, 3.05) is 4.90 Å². The first-order valence-electron chi connectivity index (χ1n) is 16.6. The topological polar surface area (TPSA) is 16.4 Å². The van der Waals surface area contributed by atoms with Gasteiger partial charge < -0.3 is 9.32 Å². The third kappa shape index (κ3) is 4.62. The number of anilines is 3. The highest BCUT2D eigenvalue weighted by atomic mass is 32.1. The molecule has 0 N–H and O–H groups in total. The van der Waals surface area contributed by atoms with Gasteiger partial charge in [-0.2, -0.15) is 0 Å². The number of fused-ring (bicyclic) bond motifs is 8. The second-order valence-corrected chi connectivity index (χ2v) is 13.6. The Balaban J connectivity index is 1.10. The van der Waals surface area contributed by atoms with Gasteiger partial charge in [0.05, 0.1) is 0 Å². The van der Waals surface area contributed by atoms with Crippen molar-refractivity contribution < 1.29 is 4.42 Å². The van der Waals surface area contributed by atoms with Crippen LogP contribution in [0.2, 0.25) is 0 Å². The van der Waals surface area contributed by atoms with Gasteiger partial charge in [0.25, 0.3) is 0 Å². The molecule has 0 aliphatic heterocycles. The monoisotopic (exact) mass is 643 g/mol. The molecule has 230 valence electrons. The van der Waals surface area contributed by atoms with E-state index in [1.54, 1.807) is 0 Å². The predicted octanol–water partition coefficient (Wildman–Crippen LogP) is 13.9. The number of hydrogen-bond donors (Lipinski definition) is 0. The normalized spacial score (nSPS) is 11.7. The van der Waals surface area contributed by atoms with Crippen LogP contribution < -0.4 is 4.90 Å². The quantitative estimate of drug-likeness (QED) is 0.186. The molecule has 2 aromatic heterocycles. The van der Waals surface area contributed by atoms with Gasteiger partial charge in [0, 0.05) is 48.0 Å². The van der Waals surface area contributed by atoms with Crippen LogP contribution in [0, 0.1) is 0 Å². The van der Waals surface area contributed by atoms with Gasteiger partial charge >= 0.3 is 0 Å². The maximum Gasteiger partial charge on any atom is 0.135 e. The van der Waals surface area contributed by atoms with Crippen LogP contribution in [-0.2, 0) is 0 Å². The molecular formula is C46H29NOS. The fourth-order valence-corrected chi connectivity index (χ4v) is 8.57. The smallest absolute Gasteiger partial charge is 0.135 e.